The van der Waals surface area contributed by atoms with Crippen LogP contribution in [0.2, 0.25) is 0 Å². The predicted molar refractivity (Wildman–Crippen MR) is 74.0 cm³/mol. The fraction of sp³-hybridized carbons (Fsp3) is 0.643. The first-order valence-corrected chi connectivity index (χ1v) is 6.64. The van der Waals surface area contributed by atoms with E-state index >= 15 is 0 Å². The van der Waals surface area contributed by atoms with E-state index in [1.807, 2.05) is 19.1 Å². The molecule has 4 heteroatoms. The lowest BCUT2D eigenvalue weighted by molar-refractivity contribution is 0.127. The van der Waals surface area contributed by atoms with E-state index in [0.717, 1.165) is 25.1 Å². The number of aliphatic hydroxyl groups excluding tert-OH is 1. The molecule has 18 heavy (non-hydrogen) atoms. The van der Waals surface area contributed by atoms with Crippen LogP contribution in [0.4, 0.5) is 5.69 Å². The highest BCUT2D eigenvalue weighted by Crippen LogP contribution is 2.28. The zero-order valence-electron chi connectivity index (χ0n) is 11.6. The molecule has 0 aliphatic heterocycles. The average Bonchev–Trinajstić information content (AvgIpc) is 2.43. The Bertz CT molecular complexity index is 343. The Balaban J connectivity index is 2.72. The Morgan fingerprint density at radius 3 is 2.61 bits per heavy atom. The van der Waals surface area contributed by atoms with Gasteiger partial charge in [0.15, 0.2) is 0 Å². The minimum atomic E-state index is -0.0701. The largest absolute Gasteiger partial charge is 0.476 e. The molecule has 0 saturated carbocycles. The van der Waals surface area contributed by atoms with Crippen LogP contribution in [0.1, 0.15) is 33.6 Å². The first-order chi connectivity index (χ1) is 8.71. The number of hydrogen-bond acceptors (Lipinski definition) is 4. The molecule has 4 nitrogen and oxygen atoms in total. The Morgan fingerprint density at radius 1 is 1.33 bits per heavy atom. The molecule has 0 bridgehead atoms. The van der Waals surface area contributed by atoms with Crippen molar-refractivity contribution in [3.8, 4) is 5.88 Å². The minimum absolute atomic E-state index is 0.0701. The summed E-state index contributed by atoms with van der Waals surface area (Å²) < 4.78 is 5.47. The van der Waals surface area contributed by atoms with Crippen molar-refractivity contribution in [3.05, 3.63) is 18.3 Å². The van der Waals surface area contributed by atoms with E-state index in [-0.39, 0.29) is 12.0 Å². The molecule has 0 unspecified atom stereocenters. The Labute approximate surface area is 109 Å². The van der Waals surface area contributed by atoms with Gasteiger partial charge in [-0.2, -0.15) is 0 Å². The maximum atomic E-state index is 9.54. The maximum Gasteiger partial charge on any atom is 0.237 e. The quantitative estimate of drug-likeness (QED) is 0.747. The number of hydrogen-bond donors (Lipinski definition) is 2. The number of aromatic nitrogens is 1. The number of nitrogens with zero attached hydrogens (tertiary/aromatic N) is 1. The second-order valence-corrected chi connectivity index (χ2v) is 4.51. The fourth-order valence-corrected chi connectivity index (χ4v) is 1.84. The van der Waals surface area contributed by atoms with Gasteiger partial charge in [0.2, 0.25) is 5.88 Å². The summed E-state index contributed by atoms with van der Waals surface area (Å²) in [4.78, 5) is 4.20. The first kappa shape index (κ1) is 14.8. The van der Waals surface area contributed by atoms with Crippen molar-refractivity contribution in [2.75, 3.05) is 25.1 Å². The highest BCUT2D eigenvalue weighted by atomic mass is 16.5. The maximum absolute atomic E-state index is 9.54. The van der Waals surface area contributed by atoms with Gasteiger partial charge in [-0.05, 0) is 31.9 Å². The second kappa shape index (κ2) is 7.21. The summed E-state index contributed by atoms with van der Waals surface area (Å²) in [6.45, 7) is 7.66. The van der Waals surface area contributed by atoms with Crippen LogP contribution in [0.25, 0.3) is 0 Å². The molecule has 0 amide bonds. The molecule has 1 heterocycles. The normalized spacial score (nSPS) is 11.3. The van der Waals surface area contributed by atoms with E-state index in [0.29, 0.717) is 12.5 Å². The molecule has 0 aromatic carbocycles. The van der Waals surface area contributed by atoms with E-state index in [2.05, 4.69) is 24.1 Å². The van der Waals surface area contributed by atoms with Gasteiger partial charge in [-0.3, -0.25) is 0 Å². The summed E-state index contributed by atoms with van der Waals surface area (Å²) in [7, 11) is 0. The van der Waals surface area contributed by atoms with Crippen LogP contribution < -0.4 is 10.1 Å². The Hall–Kier alpha value is -1.29. The molecule has 0 spiro atoms. The SMILES string of the molecule is CCOc1ncccc1NCC(CC)(CC)CO. The van der Waals surface area contributed by atoms with Crippen molar-refractivity contribution in [2.24, 2.45) is 5.41 Å². The summed E-state index contributed by atoms with van der Waals surface area (Å²) >= 11 is 0. The topological polar surface area (TPSA) is 54.4 Å². The highest BCUT2D eigenvalue weighted by molar-refractivity contribution is 5.52. The van der Waals surface area contributed by atoms with Gasteiger partial charge < -0.3 is 15.2 Å². The highest BCUT2D eigenvalue weighted by Gasteiger charge is 2.25. The zero-order chi connectivity index (χ0) is 13.4. The van der Waals surface area contributed by atoms with Gasteiger partial charge in [-0.15, -0.1) is 0 Å². The van der Waals surface area contributed by atoms with Gasteiger partial charge in [0, 0.05) is 18.2 Å². The van der Waals surface area contributed by atoms with E-state index in [9.17, 15) is 5.11 Å². The third kappa shape index (κ3) is 3.60. The molecule has 0 aliphatic rings. The molecular weight excluding hydrogens is 228 g/mol. The molecule has 0 aliphatic carbocycles. The predicted octanol–water partition coefficient (Wildman–Crippen LogP) is 2.69. The van der Waals surface area contributed by atoms with Crippen LogP contribution >= 0.6 is 0 Å². The number of anilines is 1. The van der Waals surface area contributed by atoms with Crippen molar-refractivity contribution in [1.29, 1.82) is 0 Å². The second-order valence-electron chi connectivity index (χ2n) is 4.51. The van der Waals surface area contributed by atoms with Crippen molar-refractivity contribution >= 4 is 5.69 Å². The lowest BCUT2D eigenvalue weighted by Gasteiger charge is -2.30. The van der Waals surface area contributed by atoms with E-state index in [4.69, 9.17) is 4.74 Å². The monoisotopic (exact) mass is 252 g/mol. The lowest BCUT2D eigenvalue weighted by Crippen LogP contribution is -2.32. The summed E-state index contributed by atoms with van der Waals surface area (Å²) in [5.41, 5.74) is 0.818. The third-order valence-corrected chi connectivity index (χ3v) is 3.54. The summed E-state index contributed by atoms with van der Waals surface area (Å²) in [6.07, 6.45) is 3.60. The minimum Gasteiger partial charge on any atom is -0.476 e. The van der Waals surface area contributed by atoms with Crippen molar-refractivity contribution < 1.29 is 9.84 Å². The van der Waals surface area contributed by atoms with E-state index in [1.165, 1.54) is 0 Å². The van der Waals surface area contributed by atoms with Crippen LogP contribution in [-0.2, 0) is 0 Å². The molecule has 0 atom stereocenters. The van der Waals surface area contributed by atoms with Gasteiger partial charge in [-0.25, -0.2) is 4.98 Å². The smallest absolute Gasteiger partial charge is 0.237 e. The van der Waals surface area contributed by atoms with Crippen molar-refractivity contribution in [1.82, 2.24) is 4.98 Å². The van der Waals surface area contributed by atoms with E-state index < -0.39 is 0 Å². The van der Waals surface area contributed by atoms with Crippen LogP contribution in [0.15, 0.2) is 18.3 Å². The molecule has 0 radical (unpaired) electrons. The summed E-state index contributed by atoms with van der Waals surface area (Å²) in [5.74, 6) is 0.624. The van der Waals surface area contributed by atoms with Crippen molar-refractivity contribution in [3.63, 3.8) is 0 Å². The van der Waals surface area contributed by atoms with Gasteiger partial charge >= 0.3 is 0 Å². The molecule has 0 fully saturated rings. The number of nitrogens with one attached hydrogen (secondary N) is 1. The van der Waals surface area contributed by atoms with Crippen LogP contribution in [0.3, 0.4) is 0 Å². The summed E-state index contributed by atoms with van der Waals surface area (Å²) in [5, 5.41) is 12.9. The van der Waals surface area contributed by atoms with Gasteiger partial charge in [0.25, 0.3) is 0 Å². The average molecular weight is 252 g/mol. The standard InChI is InChI=1S/C14H24N2O2/c1-4-14(5-2,11-17)10-16-12-8-7-9-15-13(12)18-6-3/h7-9,16-17H,4-6,10-11H2,1-3H3. The molecule has 1 aromatic rings. The molecule has 0 saturated heterocycles. The van der Waals surface area contributed by atoms with E-state index in [1.54, 1.807) is 6.20 Å². The number of pyridine rings is 1. The van der Waals surface area contributed by atoms with Gasteiger partial charge in [0.05, 0.1) is 18.9 Å². The van der Waals surface area contributed by atoms with Gasteiger partial charge in [-0.1, -0.05) is 13.8 Å². The van der Waals surface area contributed by atoms with Crippen LogP contribution in [0.5, 0.6) is 5.88 Å². The van der Waals surface area contributed by atoms with Crippen molar-refractivity contribution in [2.45, 2.75) is 33.6 Å². The molecule has 102 valence electrons. The number of rotatable bonds is 8. The molecule has 1 rings (SSSR count). The number of aliphatic hydroxyl groups is 1. The first-order valence-electron chi connectivity index (χ1n) is 6.64. The summed E-state index contributed by atoms with van der Waals surface area (Å²) in [6, 6.07) is 3.83. The fourth-order valence-electron chi connectivity index (χ4n) is 1.84. The third-order valence-electron chi connectivity index (χ3n) is 3.54. The molecule has 2 N–H and O–H groups in total. The zero-order valence-corrected chi connectivity index (χ0v) is 11.6. The molecular formula is C14H24N2O2. The van der Waals surface area contributed by atoms with Gasteiger partial charge in [0.1, 0.15) is 0 Å². The van der Waals surface area contributed by atoms with Crippen LogP contribution in [0, 0.1) is 5.41 Å². The number of ether oxygens (including phenoxy) is 1. The molecule has 1 aromatic heterocycles. The Kier molecular flexibility index (Phi) is 5.92. The lowest BCUT2D eigenvalue weighted by atomic mass is 9.83. The van der Waals surface area contributed by atoms with Crippen LogP contribution in [-0.4, -0.2) is 29.8 Å². The Morgan fingerprint density at radius 2 is 2.06 bits per heavy atom.